The number of carbonyl (C=O) groups excluding carboxylic acids is 3. The molecule has 0 aromatic heterocycles. The van der Waals surface area contributed by atoms with Gasteiger partial charge in [-0.25, -0.2) is 0 Å². The predicted molar refractivity (Wildman–Crippen MR) is 76.7 cm³/mol. The van der Waals surface area contributed by atoms with Crippen molar-refractivity contribution in [3.63, 3.8) is 0 Å². The molecular weight excluding hydrogens is 288 g/mol. The zero-order valence-electron chi connectivity index (χ0n) is 12.1. The second kappa shape index (κ2) is 6.38. The number of benzene rings is 1. The molecule has 0 aliphatic carbocycles. The normalized spacial score (nSPS) is 13.2. The van der Waals surface area contributed by atoms with Crippen LogP contribution in [0.25, 0.3) is 0 Å². The van der Waals surface area contributed by atoms with E-state index in [0.29, 0.717) is 30.5 Å². The SMILES string of the molecule is CN1C(=O)c2ccc(C(=O)NCCCCC(=O)O)cc2C1=O. The van der Waals surface area contributed by atoms with Crippen LogP contribution in [0.2, 0.25) is 0 Å². The molecule has 2 rings (SSSR count). The molecule has 2 N–H and O–H groups in total. The number of fused-ring (bicyclic) bond motifs is 1. The van der Waals surface area contributed by atoms with Gasteiger partial charge in [0.1, 0.15) is 0 Å². The maximum Gasteiger partial charge on any atom is 0.303 e. The first-order chi connectivity index (χ1) is 10.4. The molecule has 0 unspecified atom stereocenters. The zero-order valence-corrected chi connectivity index (χ0v) is 12.1. The Morgan fingerprint density at radius 1 is 1.14 bits per heavy atom. The Morgan fingerprint density at radius 3 is 2.50 bits per heavy atom. The highest BCUT2D eigenvalue weighted by Gasteiger charge is 2.33. The van der Waals surface area contributed by atoms with Crippen molar-refractivity contribution in [3.05, 3.63) is 34.9 Å². The van der Waals surface area contributed by atoms with E-state index in [9.17, 15) is 19.2 Å². The standard InChI is InChI=1S/C15H16N2O5/c1-17-14(21)10-6-5-9(8-11(10)15(17)22)13(20)16-7-3-2-4-12(18)19/h5-6,8H,2-4,7H2,1H3,(H,16,20)(H,18,19). The fraction of sp³-hybridized carbons (Fsp3) is 0.333. The Hall–Kier alpha value is -2.70. The molecule has 0 saturated heterocycles. The van der Waals surface area contributed by atoms with Gasteiger partial charge in [-0.3, -0.25) is 24.1 Å². The average molecular weight is 304 g/mol. The van der Waals surface area contributed by atoms with Crippen LogP contribution in [-0.2, 0) is 4.79 Å². The van der Waals surface area contributed by atoms with Crippen LogP contribution in [0.15, 0.2) is 18.2 Å². The van der Waals surface area contributed by atoms with E-state index in [1.807, 2.05) is 0 Å². The molecule has 0 atom stereocenters. The molecule has 0 spiro atoms. The molecule has 22 heavy (non-hydrogen) atoms. The van der Waals surface area contributed by atoms with E-state index in [1.165, 1.54) is 25.2 Å². The fourth-order valence-corrected chi connectivity index (χ4v) is 2.21. The van der Waals surface area contributed by atoms with Crippen LogP contribution >= 0.6 is 0 Å². The number of aliphatic carboxylic acids is 1. The van der Waals surface area contributed by atoms with Crippen LogP contribution in [-0.4, -0.2) is 47.3 Å². The van der Waals surface area contributed by atoms with E-state index >= 15 is 0 Å². The summed E-state index contributed by atoms with van der Waals surface area (Å²) in [5.74, 6) is -2.01. The predicted octanol–water partition coefficient (Wildman–Crippen LogP) is 0.897. The Kier molecular flexibility index (Phi) is 4.55. The van der Waals surface area contributed by atoms with Crippen LogP contribution in [0, 0.1) is 0 Å². The second-order valence-electron chi connectivity index (χ2n) is 5.04. The summed E-state index contributed by atoms with van der Waals surface area (Å²) in [5, 5.41) is 11.2. The number of hydrogen-bond donors (Lipinski definition) is 2. The van der Waals surface area contributed by atoms with E-state index in [0.717, 1.165) is 4.90 Å². The van der Waals surface area contributed by atoms with Crippen molar-refractivity contribution in [2.24, 2.45) is 0 Å². The van der Waals surface area contributed by atoms with Gasteiger partial charge in [-0.2, -0.15) is 0 Å². The van der Waals surface area contributed by atoms with E-state index in [1.54, 1.807) is 0 Å². The molecule has 7 nitrogen and oxygen atoms in total. The number of carbonyl (C=O) groups is 4. The molecule has 0 fully saturated rings. The topological polar surface area (TPSA) is 104 Å². The van der Waals surface area contributed by atoms with Crippen molar-refractivity contribution >= 4 is 23.7 Å². The Labute approximate surface area is 126 Å². The molecule has 1 aliphatic heterocycles. The molecule has 1 aromatic rings. The summed E-state index contributed by atoms with van der Waals surface area (Å²) in [4.78, 5) is 47.0. The summed E-state index contributed by atoms with van der Waals surface area (Å²) in [6.45, 7) is 0.357. The zero-order chi connectivity index (χ0) is 16.3. The highest BCUT2D eigenvalue weighted by atomic mass is 16.4. The fourth-order valence-electron chi connectivity index (χ4n) is 2.21. The third kappa shape index (κ3) is 3.13. The molecule has 7 heteroatoms. The van der Waals surface area contributed by atoms with Crippen molar-refractivity contribution < 1.29 is 24.3 Å². The molecule has 116 valence electrons. The van der Waals surface area contributed by atoms with Gasteiger partial charge >= 0.3 is 5.97 Å². The third-order valence-corrected chi connectivity index (χ3v) is 3.45. The lowest BCUT2D eigenvalue weighted by atomic mass is 10.1. The van der Waals surface area contributed by atoms with Crippen LogP contribution < -0.4 is 5.32 Å². The average Bonchev–Trinajstić information content (AvgIpc) is 2.71. The Balaban J connectivity index is 1.97. The van der Waals surface area contributed by atoms with E-state index in [-0.39, 0.29) is 23.8 Å². The van der Waals surface area contributed by atoms with E-state index < -0.39 is 11.9 Å². The molecule has 3 amide bonds. The highest BCUT2D eigenvalue weighted by molar-refractivity contribution is 6.21. The summed E-state index contributed by atoms with van der Waals surface area (Å²) in [6, 6.07) is 4.37. The van der Waals surface area contributed by atoms with Crippen LogP contribution in [0.3, 0.4) is 0 Å². The first-order valence-electron chi connectivity index (χ1n) is 6.88. The number of carboxylic acid groups (broad SMARTS) is 1. The lowest BCUT2D eigenvalue weighted by Gasteiger charge is -2.05. The number of carboxylic acids is 1. The van der Waals surface area contributed by atoms with Crippen molar-refractivity contribution in [2.75, 3.05) is 13.6 Å². The molecule has 0 bridgehead atoms. The van der Waals surface area contributed by atoms with Gasteiger partial charge in [0.25, 0.3) is 17.7 Å². The summed E-state index contributed by atoms with van der Waals surface area (Å²) in [5.41, 5.74) is 0.824. The second-order valence-corrected chi connectivity index (χ2v) is 5.04. The third-order valence-electron chi connectivity index (χ3n) is 3.45. The largest absolute Gasteiger partial charge is 0.481 e. The summed E-state index contributed by atoms with van der Waals surface area (Å²) in [6.07, 6.45) is 1.11. The quantitative estimate of drug-likeness (QED) is 0.600. The van der Waals surface area contributed by atoms with Gasteiger partial charge in [0, 0.05) is 25.6 Å². The summed E-state index contributed by atoms with van der Waals surface area (Å²) in [7, 11) is 1.40. The van der Waals surface area contributed by atoms with Gasteiger partial charge in [-0.15, -0.1) is 0 Å². The highest BCUT2D eigenvalue weighted by Crippen LogP contribution is 2.22. The van der Waals surface area contributed by atoms with Gasteiger partial charge in [0.2, 0.25) is 0 Å². The van der Waals surface area contributed by atoms with Gasteiger partial charge in [0.05, 0.1) is 11.1 Å². The minimum Gasteiger partial charge on any atom is -0.481 e. The maximum absolute atomic E-state index is 12.0. The number of rotatable bonds is 6. The van der Waals surface area contributed by atoms with Gasteiger partial charge < -0.3 is 10.4 Å². The monoisotopic (exact) mass is 304 g/mol. The first-order valence-corrected chi connectivity index (χ1v) is 6.88. The van der Waals surface area contributed by atoms with Crippen molar-refractivity contribution in [3.8, 4) is 0 Å². The first kappa shape index (κ1) is 15.7. The van der Waals surface area contributed by atoms with Gasteiger partial charge in [-0.05, 0) is 31.0 Å². The van der Waals surface area contributed by atoms with Crippen LogP contribution in [0.5, 0.6) is 0 Å². The van der Waals surface area contributed by atoms with Gasteiger partial charge in [-0.1, -0.05) is 0 Å². The van der Waals surface area contributed by atoms with Crippen molar-refractivity contribution in [2.45, 2.75) is 19.3 Å². The number of unbranched alkanes of at least 4 members (excludes halogenated alkanes) is 1. The van der Waals surface area contributed by atoms with Crippen molar-refractivity contribution in [1.29, 1.82) is 0 Å². The summed E-state index contributed by atoms with van der Waals surface area (Å²) < 4.78 is 0. The number of imide groups is 1. The Morgan fingerprint density at radius 2 is 1.82 bits per heavy atom. The van der Waals surface area contributed by atoms with E-state index in [2.05, 4.69) is 5.32 Å². The van der Waals surface area contributed by atoms with Crippen LogP contribution in [0.4, 0.5) is 0 Å². The number of nitrogens with zero attached hydrogens (tertiary/aromatic N) is 1. The number of amides is 3. The summed E-state index contributed by atoms with van der Waals surface area (Å²) >= 11 is 0. The molecule has 0 saturated carbocycles. The molecule has 1 aromatic carbocycles. The van der Waals surface area contributed by atoms with Crippen molar-refractivity contribution in [1.82, 2.24) is 10.2 Å². The van der Waals surface area contributed by atoms with E-state index in [4.69, 9.17) is 5.11 Å². The lowest BCUT2D eigenvalue weighted by molar-refractivity contribution is -0.137. The van der Waals surface area contributed by atoms with Gasteiger partial charge in [0.15, 0.2) is 0 Å². The molecule has 1 heterocycles. The smallest absolute Gasteiger partial charge is 0.303 e. The lowest BCUT2D eigenvalue weighted by Crippen LogP contribution is -2.25. The molecule has 1 aliphatic rings. The number of hydrogen-bond acceptors (Lipinski definition) is 4. The van der Waals surface area contributed by atoms with Crippen LogP contribution in [0.1, 0.15) is 50.3 Å². The maximum atomic E-state index is 12.0. The minimum atomic E-state index is -0.864. The molecular formula is C15H16N2O5. The minimum absolute atomic E-state index is 0.0671. The molecule has 0 radical (unpaired) electrons. The Bertz CT molecular complexity index is 653. The number of nitrogens with one attached hydrogen (secondary N) is 1.